The molecule has 2 saturated carbocycles. The van der Waals surface area contributed by atoms with Crippen LogP contribution in [0.25, 0.3) is 0 Å². The number of ketones is 1. The van der Waals surface area contributed by atoms with E-state index in [1.165, 1.54) is 0 Å². The molecule has 2 N–H and O–H groups in total. The lowest BCUT2D eigenvalue weighted by Gasteiger charge is -2.65. The van der Waals surface area contributed by atoms with Crippen molar-refractivity contribution in [2.24, 2.45) is 22.7 Å². The van der Waals surface area contributed by atoms with Gasteiger partial charge < -0.3 is 14.9 Å². The zero-order valence-corrected chi connectivity index (χ0v) is 15.5. The van der Waals surface area contributed by atoms with Gasteiger partial charge in [-0.2, -0.15) is 0 Å². The third-order valence-electron chi connectivity index (χ3n) is 7.60. The van der Waals surface area contributed by atoms with Gasteiger partial charge in [-0.15, -0.1) is 6.58 Å². The zero-order valence-electron chi connectivity index (χ0n) is 15.5. The molecule has 1 saturated heterocycles. The van der Waals surface area contributed by atoms with Crippen LogP contribution in [0.4, 0.5) is 0 Å². The van der Waals surface area contributed by atoms with E-state index in [4.69, 9.17) is 4.74 Å². The number of carbonyl (C=O) groups is 1. The summed E-state index contributed by atoms with van der Waals surface area (Å²) < 4.78 is 6.46. The van der Waals surface area contributed by atoms with Gasteiger partial charge in [0.2, 0.25) is 0 Å². The van der Waals surface area contributed by atoms with Crippen LogP contribution in [-0.4, -0.2) is 39.9 Å². The highest BCUT2D eigenvalue weighted by atomic mass is 16.5. The average Bonchev–Trinajstić information content (AvgIpc) is 2.49. The molecule has 2 aliphatic carbocycles. The van der Waals surface area contributed by atoms with Crippen LogP contribution in [0.1, 0.15) is 59.8 Å². The Kier molecular flexibility index (Phi) is 4.06. The first-order chi connectivity index (χ1) is 11.0. The summed E-state index contributed by atoms with van der Waals surface area (Å²) in [5, 5.41) is 20.6. The zero-order chi connectivity index (χ0) is 18.0. The van der Waals surface area contributed by atoms with Crippen molar-refractivity contribution in [2.75, 3.05) is 6.61 Å². The molecule has 1 heterocycles. The monoisotopic (exact) mass is 336 g/mol. The van der Waals surface area contributed by atoms with Crippen LogP contribution >= 0.6 is 0 Å². The fraction of sp³-hybridized carbons (Fsp3) is 0.850. The number of hydrogen-bond acceptors (Lipinski definition) is 4. The van der Waals surface area contributed by atoms with Gasteiger partial charge in [0, 0.05) is 11.8 Å². The van der Waals surface area contributed by atoms with Crippen LogP contribution in [0.5, 0.6) is 0 Å². The predicted octanol–water partition coefficient (Wildman–Crippen LogP) is 2.87. The van der Waals surface area contributed by atoms with Gasteiger partial charge in [-0.1, -0.05) is 19.9 Å². The second-order valence-electron chi connectivity index (χ2n) is 9.32. The Morgan fingerprint density at radius 1 is 1.25 bits per heavy atom. The van der Waals surface area contributed by atoms with Crippen molar-refractivity contribution >= 4 is 5.78 Å². The summed E-state index contributed by atoms with van der Waals surface area (Å²) >= 11 is 0. The Morgan fingerprint density at radius 2 is 1.92 bits per heavy atom. The van der Waals surface area contributed by atoms with Crippen LogP contribution in [0.3, 0.4) is 0 Å². The Labute approximate surface area is 145 Å². The van der Waals surface area contributed by atoms with Gasteiger partial charge in [0.25, 0.3) is 0 Å². The summed E-state index contributed by atoms with van der Waals surface area (Å²) in [6.45, 7) is 12.0. The summed E-state index contributed by atoms with van der Waals surface area (Å²) in [5.41, 5.74) is -1.89. The molecule has 0 bridgehead atoms. The highest BCUT2D eigenvalue weighted by Crippen LogP contribution is 2.64. The standard InChI is InChI=1S/C20H32O4/c1-6-17(2)11-13(22)16-18(3)9-8-15(23)19(4,12-21)14(18)7-10-20(16,5)24-17/h6,14-16,21,23H,1,7-12H2,2-5H3/t14-,15-,16-,17+,18+,19+,20-/m1/s1. The number of carbonyl (C=O) groups excluding carboxylic acids is 1. The number of fused-ring (bicyclic) bond motifs is 3. The summed E-state index contributed by atoms with van der Waals surface area (Å²) in [6.07, 6.45) is 4.66. The lowest BCUT2D eigenvalue weighted by atomic mass is 9.43. The second-order valence-corrected chi connectivity index (χ2v) is 9.32. The molecule has 3 aliphatic rings. The van der Waals surface area contributed by atoms with Crippen molar-refractivity contribution in [1.82, 2.24) is 0 Å². The predicted molar refractivity (Wildman–Crippen MR) is 92.5 cm³/mol. The summed E-state index contributed by atoms with van der Waals surface area (Å²) in [5.74, 6) is 0.183. The topological polar surface area (TPSA) is 66.8 Å². The molecule has 7 atom stereocenters. The molecule has 3 rings (SSSR count). The van der Waals surface area contributed by atoms with Crippen molar-refractivity contribution < 1.29 is 19.7 Å². The number of rotatable bonds is 2. The first-order valence-electron chi connectivity index (χ1n) is 9.20. The maximum atomic E-state index is 13.2. The minimum Gasteiger partial charge on any atom is -0.396 e. The molecule has 0 spiro atoms. The Balaban J connectivity index is 2.04. The number of aliphatic hydroxyl groups excluding tert-OH is 2. The summed E-state index contributed by atoms with van der Waals surface area (Å²) in [7, 11) is 0. The summed E-state index contributed by atoms with van der Waals surface area (Å²) in [4.78, 5) is 13.2. The Hall–Kier alpha value is -0.710. The molecule has 3 fully saturated rings. The van der Waals surface area contributed by atoms with Crippen LogP contribution in [0.15, 0.2) is 12.7 Å². The van der Waals surface area contributed by atoms with E-state index in [1.807, 2.05) is 13.8 Å². The van der Waals surface area contributed by atoms with E-state index >= 15 is 0 Å². The van der Waals surface area contributed by atoms with E-state index in [1.54, 1.807) is 6.08 Å². The SMILES string of the molecule is C=C[C@@]1(C)CC(=O)[C@@H]2[C@@]3(C)CC[C@@H](O)[C@@](C)(CO)[C@@H]3CC[C@@]2(C)O1. The van der Waals surface area contributed by atoms with Crippen molar-refractivity contribution in [3.63, 3.8) is 0 Å². The molecule has 24 heavy (non-hydrogen) atoms. The molecule has 1 aliphatic heterocycles. The molecular formula is C20H32O4. The lowest BCUT2D eigenvalue weighted by molar-refractivity contribution is -0.254. The minimum absolute atomic E-state index is 0.0444. The Bertz CT molecular complexity index is 560. The van der Waals surface area contributed by atoms with Crippen molar-refractivity contribution in [3.05, 3.63) is 12.7 Å². The molecule has 0 aromatic rings. The van der Waals surface area contributed by atoms with E-state index in [9.17, 15) is 15.0 Å². The van der Waals surface area contributed by atoms with E-state index in [2.05, 4.69) is 20.4 Å². The molecule has 0 aromatic heterocycles. The minimum atomic E-state index is -0.597. The smallest absolute Gasteiger partial charge is 0.142 e. The Morgan fingerprint density at radius 3 is 2.50 bits per heavy atom. The van der Waals surface area contributed by atoms with Crippen LogP contribution in [0.2, 0.25) is 0 Å². The van der Waals surface area contributed by atoms with Gasteiger partial charge in [-0.3, -0.25) is 4.79 Å². The van der Waals surface area contributed by atoms with Crippen molar-refractivity contribution in [2.45, 2.75) is 77.1 Å². The fourth-order valence-electron chi connectivity index (χ4n) is 6.38. The fourth-order valence-corrected chi connectivity index (χ4v) is 6.38. The van der Waals surface area contributed by atoms with E-state index < -0.39 is 22.7 Å². The molecule has 0 unspecified atom stereocenters. The van der Waals surface area contributed by atoms with Crippen LogP contribution in [0, 0.1) is 22.7 Å². The molecule has 4 heteroatoms. The number of aliphatic hydroxyl groups is 2. The highest BCUT2D eigenvalue weighted by Gasteiger charge is 2.66. The lowest BCUT2D eigenvalue weighted by Crippen LogP contribution is -2.68. The average molecular weight is 336 g/mol. The van der Waals surface area contributed by atoms with E-state index in [0.29, 0.717) is 12.8 Å². The number of Topliss-reactive ketones (excluding diaryl/α,β-unsaturated/α-hetero) is 1. The largest absolute Gasteiger partial charge is 0.396 e. The third-order valence-corrected chi connectivity index (χ3v) is 7.60. The number of hydrogen-bond donors (Lipinski definition) is 2. The van der Waals surface area contributed by atoms with Gasteiger partial charge in [0.15, 0.2) is 0 Å². The first kappa shape index (κ1) is 18.1. The third kappa shape index (κ3) is 2.26. The van der Waals surface area contributed by atoms with Gasteiger partial charge in [0.1, 0.15) is 5.78 Å². The van der Waals surface area contributed by atoms with Crippen molar-refractivity contribution in [3.8, 4) is 0 Å². The second kappa shape index (κ2) is 5.39. The van der Waals surface area contributed by atoms with Crippen molar-refractivity contribution in [1.29, 1.82) is 0 Å². The van der Waals surface area contributed by atoms with Gasteiger partial charge in [-0.25, -0.2) is 0 Å². The maximum Gasteiger partial charge on any atom is 0.142 e. The molecule has 0 aromatic carbocycles. The van der Waals surface area contributed by atoms with Crippen LogP contribution < -0.4 is 0 Å². The normalized spacial score (nSPS) is 54.8. The molecule has 4 nitrogen and oxygen atoms in total. The van der Waals surface area contributed by atoms with E-state index in [0.717, 1.165) is 19.3 Å². The molecule has 0 radical (unpaired) electrons. The first-order valence-corrected chi connectivity index (χ1v) is 9.20. The van der Waals surface area contributed by atoms with Crippen LogP contribution in [-0.2, 0) is 9.53 Å². The van der Waals surface area contributed by atoms with Gasteiger partial charge in [-0.05, 0) is 50.9 Å². The van der Waals surface area contributed by atoms with E-state index in [-0.39, 0.29) is 29.6 Å². The maximum absolute atomic E-state index is 13.2. The number of ether oxygens (including phenoxy) is 1. The highest BCUT2D eigenvalue weighted by molar-refractivity contribution is 5.85. The molecule has 0 amide bonds. The van der Waals surface area contributed by atoms with Gasteiger partial charge in [0.05, 0.1) is 29.8 Å². The van der Waals surface area contributed by atoms with Gasteiger partial charge >= 0.3 is 0 Å². The summed E-state index contributed by atoms with van der Waals surface area (Å²) in [6, 6.07) is 0. The molecule has 136 valence electrons. The quantitative estimate of drug-likeness (QED) is 0.761. The molecular weight excluding hydrogens is 304 g/mol.